The molecule has 0 fully saturated rings. The molecule has 0 radical (unpaired) electrons. The van der Waals surface area contributed by atoms with E-state index in [1.807, 2.05) is 20.8 Å². The minimum absolute atomic E-state index is 0.355. The molecule has 2 nitrogen and oxygen atoms in total. The summed E-state index contributed by atoms with van der Waals surface area (Å²) in [5.41, 5.74) is -0.355. The van der Waals surface area contributed by atoms with Gasteiger partial charge in [-0.2, -0.15) is 0 Å². The summed E-state index contributed by atoms with van der Waals surface area (Å²) < 4.78 is 0. The molecule has 0 amide bonds. The molecule has 2 N–H and O–H groups in total. The molecule has 0 aliphatic carbocycles. The summed E-state index contributed by atoms with van der Waals surface area (Å²) in [5, 5.41) is 18.2. The van der Waals surface area contributed by atoms with Gasteiger partial charge in [-0.3, -0.25) is 0 Å². The van der Waals surface area contributed by atoms with Crippen LogP contribution in [-0.2, 0) is 0 Å². The first-order valence-electron chi connectivity index (χ1n) is 3.22. The Morgan fingerprint density at radius 1 is 1.30 bits per heavy atom. The average molecular weight is 142 g/mol. The first-order valence-corrected chi connectivity index (χ1v) is 3.22. The maximum atomic E-state index is 9.26. The van der Waals surface area contributed by atoms with Crippen LogP contribution in [0.3, 0.4) is 0 Å². The van der Waals surface area contributed by atoms with Crippen molar-refractivity contribution >= 4 is 0 Å². The number of terminal acetylenes is 1. The molecule has 0 aromatic rings. The first-order chi connectivity index (χ1) is 4.39. The van der Waals surface area contributed by atoms with E-state index < -0.39 is 12.2 Å². The van der Waals surface area contributed by atoms with Gasteiger partial charge in [0.05, 0.1) is 6.10 Å². The lowest BCUT2D eigenvalue weighted by Gasteiger charge is -2.27. The average Bonchev–Trinajstić information content (AvgIpc) is 1.83. The summed E-state index contributed by atoms with van der Waals surface area (Å²) in [6.45, 7) is 5.45. The number of aliphatic hydroxyl groups is 2. The third kappa shape index (κ3) is 2.38. The lowest BCUT2D eigenvalue weighted by molar-refractivity contribution is -0.0175. The van der Waals surface area contributed by atoms with Crippen LogP contribution < -0.4 is 0 Å². The molecule has 0 aliphatic heterocycles. The van der Waals surface area contributed by atoms with Crippen LogP contribution in [0.4, 0.5) is 0 Å². The van der Waals surface area contributed by atoms with E-state index in [0.29, 0.717) is 0 Å². The Balaban J connectivity index is 4.11. The zero-order chi connectivity index (χ0) is 8.36. The van der Waals surface area contributed by atoms with Crippen LogP contribution in [0.2, 0.25) is 0 Å². The second kappa shape index (κ2) is 3.05. The highest BCUT2D eigenvalue weighted by Gasteiger charge is 2.27. The molecular weight excluding hydrogens is 128 g/mol. The molecule has 0 saturated heterocycles. The lowest BCUT2D eigenvalue weighted by atomic mass is 9.86. The van der Waals surface area contributed by atoms with Gasteiger partial charge >= 0.3 is 0 Å². The van der Waals surface area contributed by atoms with Gasteiger partial charge in [-0.05, 0) is 5.41 Å². The van der Waals surface area contributed by atoms with E-state index in [4.69, 9.17) is 11.5 Å². The van der Waals surface area contributed by atoms with Gasteiger partial charge in [0.25, 0.3) is 0 Å². The van der Waals surface area contributed by atoms with E-state index in [0.717, 1.165) is 0 Å². The van der Waals surface area contributed by atoms with Crippen LogP contribution >= 0.6 is 0 Å². The SMILES string of the molecule is C#CC(O)C(O)C(C)(C)C. The van der Waals surface area contributed by atoms with Crippen molar-refractivity contribution in [3.8, 4) is 12.3 Å². The van der Waals surface area contributed by atoms with E-state index in [2.05, 4.69) is 5.92 Å². The van der Waals surface area contributed by atoms with Crippen molar-refractivity contribution in [3.05, 3.63) is 0 Å². The molecule has 2 unspecified atom stereocenters. The molecule has 0 bridgehead atoms. The summed E-state index contributed by atoms with van der Waals surface area (Å²) in [4.78, 5) is 0. The Morgan fingerprint density at radius 3 is 1.80 bits per heavy atom. The van der Waals surface area contributed by atoms with Gasteiger partial charge in [-0.25, -0.2) is 0 Å². The number of hydrogen-bond donors (Lipinski definition) is 2. The predicted molar refractivity (Wildman–Crippen MR) is 40.3 cm³/mol. The molecule has 10 heavy (non-hydrogen) atoms. The third-order valence-electron chi connectivity index (χ3n) is 1.36. The minimum atomic E-state index is -1.06. The van der Waals surface area contributed by atoms with Crippen LogP contribution in [0.15, 0.2) is 0 Å². The van der Waals surface area contributed by atoms with Crippen LogP contribution in [0.1, 0.15) is 20.8 Å². The fourth-order valence-corrected chi connectivity index (χ4v) is 0.565. The summed E-state index contributed by atoms with van der Waals surface area (Å²) in [5.74, 6) is 2.08. The minimum Gasteiger partial charge on any atom is -0.389 e. The Kier molecular flexibility index (Phi) is 2.89. The second-order valence-electron chi connectivity index (χ2n) is 3.42. The lowest BCUT2D eigenvalue weighted by Crippen LogP contribution is -2.36. The molecule has 2 heteroatoms. The zero-order valence-electron chi connectivity index (χ0n) is 6.63. The quantitative estimate of drug-likeness (QED) is 0.520. The standard InChI is InChI=1S/C8H14O2/c1-5-6(9)7(10)8(2,3)4/h1,6-7,9-10H,2-4H3. The molecule has 0 aromatic heterocycles. The molecule has 0 aliphatic rings. The Hall–Kier alpha value is -0.520. The Labute approximate surface area is 61.9 Å². The van der Waals surface area contributed by atoms with Crippen molar-refractivity contribution in [2.75, 3.05) is 0 Å². The number of rotatable bonds is 1. The highest BCUT2D eigenvalue weighted by Crippen LogP contribution is 2.21. The summed E-state index contributed by atoms with van der Waals surface area (Å²) in [6.07, 6.45) is 3.00. The van der Waals surface area contributed by atoms with Crippen molar-refractivity contribution in [2.24, 2.45) is 5.41 Å². The van der Waals surface area contributed by atoms with Gasteiger partial charge in [0.15, 0.2) is 0 Å². The molecule has 0 rings (SSSR count). The Bertz CT molecular complexity index is 138. The normalized spacial score (nSPS) is 17.6. The fourth-order valence-electron chi connectivity index (χ4n) is 0.565. The molecule has 2 atom stereocenters. The van der Waals surface area contributed by atoms with Crippen molar-refractivity contribution in [2.45, 2.75) is 33.0 Å². The smallest absolute Gasteiger partial charge is 0.140 e. The van der Waals surface area contributed by atoms with Crippen molar-refractivity contribution in [1.82, 2.24) is 0 Å². The van der Waals surface area contributed by atoms with Crippen molar-refractivity contribution in [1.29, 1.82) is 0 Å². The van der Waals surface area contributed by atoms with E-state index >= 15 is 0 Å². The Morgan fingerprint density at radius 2 is 1.70 bits per heavy atom. The van der Waals surface area contributed by atoms with Crippen LogP contribution in [0.25, 0.3) is 0 Å². The van der Waals surface area contributed by atoms with Gasteiger partial charge < -0.3 is 10.2 Å². The maximum absolute atomic E-state index is 9.26. The largest absolute Gasteiger partial charge is 0.389 e. The predicted octanol–water partition coefficient (Wildman–Crippen LogP) is 0.387. The molecule has 58 valence electrons. The monoisotopic (exact) mass is 142 g/mol. The number of aliphatic hydroxyl groups excluding tert-OH is 2. The molecular formula is C8H14O2. The topological polar surface area (TPSA) is 40.5 Å². The van der Waals surface area contributed by atoms with E-state index in [9.17, 15) is 5.11 Å². The molecule has 0 spiro atoms. The van der Waals surface area contributed by atoms with Crippen LogP contribution in [0.5, 0.6) is 0 Å². The summed E-state index contributed by atoms with van der Waals surface area (Å²) in [6, 6.07) is 0. The van der Waals surface area contributed by atoms with Gasteiger partial charge in [-0.1, -0.05) is 26.7 Å². The summed E-state index contributed by atoms with van der Waals surface area (Å²) >= 11 is 0. The summed E-state index contributed by atoms with van der Waals surface area (Å²) in [7, 11) is 0. The van der Waals surface area contributed by atoms with Crippen LogP contribution in [-0.4, -0.2) is 22.4 Å². The maximum Gasteiger partial charge on any atom is 0.140 e. The fraction of sp³-hybridized carbons (Fsp3) is 0.750. The zero-order valence-corrected chi connectivity index (χ0v) is 6.63. The molecule has 0 saturated carbocycles. The van der Waals surface area contributed by atoms with Gasteiger partial charge in [-0.15, -0.1) is 6.42 Å². The number of hydrogen-bond acceptors (Lipinski definition) is 2. The van der Waals surface area contributed by atoms with Gasteiger partial charge in [0.1, 0.15) is 6.10 Å². The first kappa shape index (κ1) is 9.48. The molecule has 0 aromatic carbocycles. The highest BCUT2D eigenvalue weighted by molar-refractivity contribution is 5.00. The van der Waals surface area contributed by atoms with Crippen LogP contribution in [0, 0.1) is 17.8 Å². The van der Waals surface area contributed by atoms with E-state index in [1.165, 1.54) is 0 Å². The molecule has 0 heterocycles. The third-order valence-corrected chi connectivity index (χ3v) is 1.36. The van der Waals surface area contributed by atoms with Crippen molar-refractivity contribution < 1.29 is 10.2 Å². The van der Waals surface area contributed by atoms with Crippen molar-refractivity contribution in [3.63, 3.8) is 0 Å². The van der Waals surface area contributed by atoms with Gasteiger partial charge in [0, 0.05) is 0 Å². The van der Waals surface area contributed by atoms with E-state index in [-0.39, 0.29) is 5.41 Å². The second-order valence-corrected chi connectivity index (χ2v) is 3.42. The van der Waals surface area contributed by atoms with Gasteiger partial charge in [0.2, 0.25) is 0 Å². The highest BCUT2D eigenvalue weighted by atomic mass is 16.3. The van der Waals surface area contributed by atoms with E-state index in [1.54, 1.807) is 0 Å².